The Morgan fingerprint density at radius 2 is 2.00 bits per heavy atom. The van der Waals surface area contributed by atoms with Crippen molar-refractivity contribution in [2.24, 2.45) is 0 Å². The van der Waals surface area contributed by atoms with E-state index in [4.69, 9.17) is 32.7 Å². The van der Waals surface area contributed by atoms with Gasteiger partial charge in [-0.1, -0.05) is 23.2 Å². The Morgan fingerprint density at radius 3 is 2.44 bits per heavy atom. The Labute approximate surface area is 120 Å². The van der Waals surface area contributed by atoms with E-state index in [0.717, 1.165) is 11.3 Å². The van der Waals surface area contributed by atoms with Gasteiger partial charge < -0.3 is 14.8 Å². The van der Waals surface area contributed by atoms with Crippen LogP contribution >= 0.6 is 34.5 Å². The van der Waals surface area contributed by atoms with E-state index in [2.05, 4.69) is 5.32 Å². The zero-order valence-electron chi connectivity index (χ0n) is 10.2. The SMILES string of the molecule is CCOC(CNC(=O)c1cc(Cl)sc1Cl)OCC. The quantitative estimate of drug-likeness (QED) is 0.787. The minimum Gasteiger partial charge on any atom is -0.351 e. The zero-order valence-corrected chi connectivity index (χ0v) is 12.5. The molecule has 0 aliphatic heterocycles. The predicted octanol–water partition coefficient (Wildman–Crippen LogP) is 3.18. The molecule has 0 spiro atoms. The monoisotopic (exact) mass is 311 g/mol. The van der Waals surface area contributed by atoms with Gasteiger partial charge in [-0.25, -0.2) is 0 Å². The van der Waals surface area contributed by atoms with Crippen molar-refractivity contribution in [1.29, 1.82) is 0 Å². The lowest BCUT2D eigenvalue weighted by Crippen LogP contribution is -2.35. The topological polar surface area (TPSA) is 47.6 Å². The van der Waals surface area contributed by atoms with Crippen molar-refractivity contribution in [2.45, 2.75) is 20.1 Å². The highest BCUT2D eigenvalue weighted by molar-refractivity contribution is 7.20. The minimum absolute atomic E-state index is 0.268. The summed E-state index contributed by atoms with van der Waals surface area (Å²) in [4.78, 5) is 11.8. The molecule has 102 valence electrons. The van der Waals surface area contributed by atoms with Gasteiger partial charge in [-0.05, 0) is 19.9 Å². The van der Waals surface area contributed by atoms with Crippen LogP contribution in [0.3, 0.4) is 0 Å². The second-order valence-corrected chi connectivity index (χ2v) is 5.57. The first-order valence-corrected chi connectivity index (χ1v) is 7.11. The molecule has 1 heterocycles. The summed E-state index contributed by atoms with van der Waals surface area (Å²) >= 11 is 12.8. The highest BCUT2D eigenvalue weighted by Gasteiger charge is 2.16. The third kappa shape index (κ3) is 4.74. The maximum Gasteiger partial charge on any atom is 0.253 e. The molecule has 0 aliphatic carbocycles. The Bertz CT molecular complexity index is 392. The lowest BCUT2D eigenvalue weighted by molar-refractivity contribution is -0.131. The Kier molecular flexibility index (Phi) is 6.96. The van der Waals surface area contributed by atoms with Crippen LogP contribution in [-0.2, 0) is 9.47 Å². The number of halogens is 2. The van der Waals surface area contributed by atoms with Crippen LogP contribution in [0.2, 0.25) is 8.67 Å². The molecule has 1 N–H and O–H groups in total. The number of amides is 1. The van der Waals surface area contributed by atoms with Crippen LogP contribution in [-0.4, -0.2) is 32.0 Å². The van der Waals surface area contributed by atoms with Crippen LogP contribution in [0.15, 0.2) is 6.07 Å². The first-order chi connectivity index (χ1) is 8.58. The van der Waals surface area contributed by atoms with E-state index in [1.54, 1.807) is 6.07 Å². The molecule has 0 aromatic carbocycles. The summed E-state index contributed by atoms with van der Waals surface area (Å²) in [6.07, 6.45) is -0.447. The average Bonchev–Trinajstić information content (AvgIpc) is 2.65. The average molecular weight is 312 g/mol. The summed E-state index contributed by atoms with van der Waals surface area (Å²) in [6.45, 7) is 5.04. The van der Waals surface area contributed by atoms with Gasteiger partial charge in [0.1, 0.15) is 4.34 Å². The Balaban J connectivity index is 2.51. The standard InChI is InChI=1S/C11H15Cl2NO3S/c1-3-16-9(17-4-2)6-14-11(15)7-5-8(12)18-10(7)13/h5,9H,3-4,6H2,1-2H3,(H,14,15). The molecule has 7 heteroatoms. The van der Waals surface area contributed by atoms with Gasteiger partial charge in [0.05, 0.1) is 16.4 Å². The number of hydrogen-bond donors (Lipinski definition) is 1. The molecule has 1 rings (SSSR count). The van der Waals surface area contributed by atoms with Crippen LogP contribution in [0.4, 0.5) is 0 Å². The molecule has 0 fully saturated rings. The number of carbonyl (C=O) groups excluding carboxylic acids is 1. The van der Waals surface area contributed by atoms with Gasteiger partial charge in [0.2, 0.25) is 0 Å². The van der Waals surface area contributed by atoms with Crippen molar-refractivity contribution in [3.05, 3.63) is 20.3 Å². The van der Waals surface area contributed by atoms with E-state index >= 15 is 0 Å². The number of carbonyl (C=O) groups is 1. The van der Waals surface area contributed by atoms with Crippen LogP contribution in [0.25, 0.3) is 0 Å². The fourth-order valence-corrected chi connectivity index (χ4v) is 2.76. The van der Waals surface area contributed by atoms with Crippen LogP contribution in [0.5, 0.6) is 0 Å². The summed E-state index contributed by atoms with van der Waals surface area (Å²) in [6, 6.07) is 1.54. The van der Waals surface area contributed by atoms with Crippen LogP contribution in [0.1, 0.15) is 24.2 Å². The molecular formula is C11H15Cl2NO3S. The van der Waals surface area contributed by atoms with Gasteiger partial charge in [0, 0.05) is 13.2 Å². The van der Waals surface area contributed by atoms with Crippen LogP contribution < -0.4 is 5.32 Å². The highest BCUT2D eigenvalue weighted by Crippen LogP contribution is 2.30. The third-order valence-corrected chi connectivity index (χ3v) is 3.52. The smallest absolute Gasteiger partial charge is 0.253 e. The fourth-order valence-electron chi connectivity index (χ4n) is 1.30. The van der Waals surface area contributed by atoms with Gasteiger partial charge >= 0.3 is 0 Å². The van der Waals surface area contributed by atoms with E-state index in [1.165, 1.54) is 0 Å². The van der Waals surface area contributed by atoms with Crippen molar-refractivity contribution in [1.82, 2.24) is 5.32 Å². The largest absolute Gasteiger partial charge is 0.351 e. The van der Waals surface area contributed by atoms with E-state index in [1.807, 2.05) is 13.8 Å². The number of hydrogen-bond acceptors (Lipinski definition) is 4. The summed E-state index contributed by atoms with van der Waals surface area (Å²) in [5.41, 5.74) is 0.374. The van der Waals surface area contributed by atoms with Crippen molar-refractivity contribution in [3.63, 3.8) is 0 Å². The number of ether oxygens (including phenoxy) is 2. The highest BCUT2D eigenvalue weighted by atomic mass is 35.5. The normalized spacial score (nSPS) is 10.9. The summed E-state index contributed by atoms with van der Waals surface area (Å²) in [5, 5.41) is 2.70. The summed E-state index contributed by atoms with van der Waals surface area (Å²) < 4.78 is 11.5. The Hall–Kier alpha value is -0.330. The van der Waals surface area contributed by atoms with E-state index in [0.29, 0.717) is 27.4 Å². The maximum atomic E-state index is 11.8. The summed E-state index contributed by atoms with van der Waals surface area (Å²) in [5.74, 6) is -0.285. The maximum absolute atomic E-state index is 11.8. The first kappa shape index (κ1) is 15.7. The van der Waals surface area contributed by atoms with Gasteiger partial charge in [0.15, 0.2) is 6.29 Å². The van der Waals surface area contributed by atoms with Gasteiger partial charge in [-0.2, -0.15) is 0 Å². The van der Waals surface area contributed by atoms with Crippen molar-refractivity contribution >= 4 is 40.4 Å². The lowest BCUT2D eigenvalue weighted by atomic mass is 10.3. The molecule has 0 aliphatic rings. The first-order valence-electron chi connectivity index (χ1n) is 5.54. The van der Waals surface area contributed by atoms with Gasteiger partial charge in [-0.3, -0.25) is 4.79 Å². The van der Waals surface area contributed by atoms with E-state index in [9.17, 15) is 4.79 Å². The predicted molar refractivity (Wildman–Crippen MR) is 73.7 cm³/mol. The third-order valence-electron chi connectivity index (χ3n) is 2.04. The molecule has 4 nitrogen and oxygen atoms in total. The molecule has 1 aromatic heterocycles. The molecule has 1 amide bonds. The Morgan fingerprint density at radius 1 is 1.39 bits per heavy atom. The molecule has 1 aromatic rings. The van der Waals surface area contributed by atoms with Crippen molar-refractivity contribution < 1.29 is 14.3 Å². The number of thiophene rings is 1. The molecule has 0 bridgehead atoms. The van der Waals surface area contributed by atoms with Crippen molar-refractivity contribution in [3.8, 4) is 0 Å². The van der Waals surface area contributed by atoms with E-state index < -0.39 is 6.29 Å². The fraction of sp³-hybridized carbons (Fsp3) is 0.545. The van der Waals surface area contributed by atoms with E-state index in [-0.39, 0.29) is 12.5 Å². The second-order valence-electron chi connectivity index (χ2n) is 3.29. The van der Waals surface area contributed by atoms with Gasteiger partial charge in [0.25, 0.3) is 5.91 Å². The molecule has 0 saturated heterocycles. The van der Waals surface area contributed by atoms with Crippen LogP contribution in [0, 0.1) is 0 Å². The minimum atomic E-state index is -0.447. The zero-order chi connectivity index (χ0) is 13.5. The molecule has 0 unspecified atom stereocenters. The lowest BCUT2D eigenvalue weighted by Gasteiger charge is -2.17. The number of rotatable bonds is 7. The second kappa shape index (κ2) is 7.96. The molecular weight excluding hydrogens is 297 g/mol. The van der Waals surface area contributed by atoms with Gasteiger partial charge in [-0.15, -0.1) is 11.3 Å². The molecule has 0 radical (unpaired) electrons. The molecule has 0 atom stereocenters. The molecule has 18 heavy (non-hydrogen) atoms. The van der Waals surface area contributed by atoms with Crippen molar-refractivity contribution in [2.75, 3.05) is 19.8 Å². The molecule has 0 saturated carbocycles. The summed E-state index contributed by atoms with van der Waals surface area (Å²) in [7, 11) is 0. The number of nitrogens with one attached hydrogen (secondary N) is 1.